The molecule has 0 radical (unpaired) electrons. The molecule has 126 valence electrons. The summed E-state index contributed by atoms with van der Waals surface area (Å²) in [5, 5.41) is 5.83. The van der Waals surface area contributed by atoms with E-state index in [1.807, 2.05) is 13.8 Å². The summed E-state index contributed by atoms with van der Waals surface area (Å²) in [4.78, 5) is 24.1. The molecule has 1 aromatic carbocycles. The van der Waals surface area contributed by atoms with Crippen LogP contribution in [0.4, 0.5) is 5.69 Å². The van der Waals surface area contributed by atoms with Gasteiger partial charge >= 0.3 is 0 Å². The normalized spacial score (nSPS) is 11.9. The third-order valence-electron chi connectivity index (χ3n) is 2.97. The molecule has 0 bridgehead atoms. The van der Waals surface area contributed by atoms with Crippen molar-refractivity contribution in [3.63, 3.8) is 0 Å². The Labute approximate surface area is 142 Å². The number of nitrogens with one attached hydrogen (secondary N) is 2. The number of hydrogen-bond donors (Lipinski definition) is 2. The van der Waals surface area contributed by atoms with E-state index in [4.69, 9.17) is 16.3 Å². The summed E-state index contributed by atoms with van der Waals surface area (Å²) in [6.07, 6.45) is 1.76. The lowest BCUT2D eigenvalue weighted by Gasteiger charge is -2.15. The molecule has 1 aromatic rings. The average Bonchev–Trinajstić information content (AvgIpc) is 2.48. The monoisotopic (exact) mass is 338 g/mol. The molecule has 23 heavy (non-hydrogen) atoms. The summed E-state index contributed by atoms with van der Waals surface area (Å²) in [7, 11) is 0. The number of halogens is 1. The molecular formula is C17H23ClN2O3. The first-order valence-corrected chi connectivity index (χ1v) is 7.86. The lowest BCUT2D eigenvalue weighted by molar-refractivity contribution is -0.126. The first-order valence-electron chi connectivity index (χ1n) is 7.49. The van der Waals surface area contributed by atoms with Gasteiger partial charge in [-0.05, 0) is 45.4 Å². The van der Waals surface area contributed by atoms with Gasteiger partial charge in [0.25, 0.3) is 11.8 Å². The van der Waals surface area contributed by atoms with Crippen LogP contribution in [0.5, 0.6) is 0 Å². The molecule has 0 saturated carbocycles. The van der Waals surface area contributed by atoms with Crippen LogP contribution in [-0.2, 0) is 9.53 Å². The average molecular weight is 339 g/mol. The molecule has 1 rings (SSSR count). The molecule has 1 atom stereocenters. The Morgan fingerprint density at radius 1 is 1.35 bits per heavy atom. The maximum absolute atomic E-state index is 12.1. The first-order chi connectivity index (χ1) is 10.8. The summed E-state index contributed by atoms with van der Waals surface area (Å²) in [6.45, 7) is 9.41. The number of anilines is 1. The molecule has 2 N–H and O–H groups in total. The Hall–Kier alpha value is -1.85. The summed E-state index contributed by atoms with van der Waals surface area (Å²) in [5.74, 6) is -0.542. The highest BCUT2D eigenvalue weighted by atomic mass is 35.5. The van der Waals surface area contributed by atoms with Crippen molar-refractivity contribution in [2.75, 3.05) is 11.9 Å². The van der Waals surface area contributed by atoms with E-state index in [1.54, 1.807) is 31.2 Å². The molecule has 0 aliphatic rings. The molecule has 0 aliphatic heterocycles. The van der Waals surface area contributed by atoms with Gasteiger partial charge in [-0.1, -0.05) is 17.7 Å². The molecule has 6 heteroatoms. The second-order valence-corrected chi connectivity index (χ2v) is 5.81. The lowest BCUT2D eigenvalue weighted by Crippen LogP contribution is -2.30. The van der Waals surface area contributed by atoms with Crippen LogP contribution in [0.15, 0.2) is 30.9 Å². The Morgan fingerprint density at radius 2 is 2.04 bits per heavy atom. The van der Waals surface area contributed by atoms with Gasteiger partial charge in [0.2, 0.25) is 0 Å². The standard InChI is InChI=1S/C17H23ClN2O3/c1-5-6-9-23-12(4)16(21)20-15-10-13(7-8-14(15)18)17(22)19-11(2)3/h5,7-8,10-12H,1,6,9H2,2-4H3,(H,19,22)(H,20,21). The highest BCUT2D eigenvalue weighted by molar-refractivity contribution is 6.34. The van der Waals surface area contributed by atoms with Gasteiger partial charge in [0.1, 0.15) is 6.10 Å². The summed E-state index contributed by atoms with van der Waals surface area (Å²) >= 11 is 6.08. The Balaban J connectivity index is 2.77. The molecule has 2 amide bonds. The molecule has 1 unspecified atom stereocenters. The molecule has 0 aromatic heterocycles. The van der Waals surface area contributed by atoms with E-state index in [9.17, 15) is 9.59 Å². The van der Waals surface area contributed by atoms with Gasteiger partial charge in [-0.3, -0.25) is 9.59 Å². The molecule has 5 nitrogen and oxygen atoms in total. The van der Waals surface area contributed by atoms with Crippen molar-refractivity contribution in [3.05, 3.63) is 41.4 Å². The minimum Gasteiger partial charge on any atom is -0.368 e. The maximum atomic E-state index is 12.1. The van der Waals surface area contributed by atoms with Crippen molar-refractivity contribution in [1.82, 2.24) is 5.32 Å². The summed E-state index contributed by atoms with van der Waals surface area (Å²) in [6, 6.07) is 4.76. The molecule has 0 aliphatic carbocycles. The van der Waals surface area contributed by atoms with Crippen LogP contribution in [0, 0.1) is 0 Å². The van der Waals surface area contributed by atoms with Crippen LogP contribution in [0.1, 0.15) is 37.6 Å². The van der Waals surface area contributed by atoms with E-state index in [1.165, 1.54) is 0 Å². The third-order valence-corrected chi connectivity index (χ3v) is 3.29. The minimum atomic E-state index is -0.626. The Kier molecular flexibility index (Phi) is 7.78. The van der Waals surface area contributed by atoms with Gasteiger partial charge in [0.05, 0.1) is 17.3 Å². The maximum Gasteiger partial charge on any atom is 0.253 e. The largest absolute Gasteiger partial charge is 0.368 e. The van der Waals surface area contributed by atoms with Crippen LogP contribution < -0.4 is 10.6 Å². The fourth-order valence-corrected chi connectivity index (χ4v) is 1.91. The van der Waals surface area contributed by atoms with Crippen molar-refractivity contribution >= 4 is 29.1 Å². The van der Waals surface area contributed by atoms with Crippen LogP contribution in [0.25, 0.3) is 0 Å². The summed E-state index contributed by atoms with van der Waals surface area (Å²) < 4.78 is 5.38. The van der Waals surface area contributed by atoms with Gasteiger partial charge in [0, 0.05) is 11.6 Å². The van der Waals surface area contributed by atoms with Crippen molar-refractivity contribution in [2.45, 2.75) is 39.3 Å². The number of rotatable bonds is 8. The number of hydrogen-bond acceptors (Lipinski definition) is 3. The van der Waals surface area contributed by atoms with E-state index < -0.39 is 6.10 Å². The second-order valence-electron chi connectivity index (χ2n) is 5.40. The van der Waals surface area contributed by atoms with Crippen LogP contribution >= 0.6 is 11.6 Å². The second kappa shape index (κ2) is 9.33. The zero-order valence-corrected chi connectivity index (χ0v) is 14.4. The SMILES string of the molecule is C=CCCOC(C)C(=O)Nc1cc(C(=O)NC(C)C)ccc1Cl. The van der Waals surface area contributed by atoms with Crippen LogP contribution in [0.3, 0.4) is 0 Å². The van der Waals surface area contributed by atoms with E-state index in [2.05, 4.69) is 17.2 Å². The van der Waals surface area contributed by atoms with Crippen LogP contribution in [0.2, 0.25) is 5.02 Å². The minimum absolute atomic E-state index is 0.0227. The smallest absolute Gasteiger partial charge is 0.253 e. The predicted octanol–water partition coefficient (Wildman–Crippen LogP) is 3.40. The molecule has 0 heterocycles. The van der Waals surface area contributed by atoms with Gasteiger partial charge in [-0.15, -0.1) is 6.58 Å². The fraction of sp³-hybridized carbons (Fsp3) is 0.412. The predicted molar refractivity (Wildman–Crippen MR) is 92.9 cm³/mol. The molecule has 0 fully saturated rings. The van der Waals surface area contributed by atoms with E-state index >= 15 is 0 Å². The molecule has 0 spiro atoms. The topological polar surface area (TPSA) is 67.4 Å². The van der Waals surface area contributed by atoms with Gasteiger partial charge in [-0.25, -0.2) is 0 Å². The lowest BCUT2D eigenvalue weighted by atomic mass is 10.1. The Bertz CT molecular complexity index is 573. The van der Waals surface area contributed by atoms with Crippen molar-refractivity contribution in [2.24, 2.45) is 0 Å². The van der Waals surface area contributed by atoms with Gasteiger partial charge < -0.3 is 15.4 Å². The first kappa shape index (κ1) is 19.2. The third kappa shape index (κ3) is 6.42. The van der Waals surface area contributed by atoms with E-state index in [0.29, 0.717) is 29.3 Å². The van der Waals surface area contributed by atoms with Crippen LogP contribution in [-0.4, -0.2) is 30.6 Å². The zero-order valence-electron chi connectivity index (χ0n) is 13.7. The molecular weight excluding hydrogens is 316 g/mol. The van der Waals surface area contributed by atoms with E-state index in [-0.39, 0.29) is 17.9 Å². The van der Waals surface area contributed by atoms with Crippen molar-refractivity contribution < 1.29 is 14.3 Å². The number of benzene rings is 1. The quantitative estimate of drug-likeness (QED) is 0.564. The zero-order chi connectivity index (χ0) is 17.4. The Morgan fingerprint density at radius 3 is 2.65 bits per heavy atom. The van der Waals surface area contributed by atoms with Gasteiger partial charge in [0.15, 0.2) is 0 Å². The highest BCUT2D eigenvalue weighted by Crippen LogP contribution is 2.23. The molecule has 0 saturated heterocycles. The summed E-state index contributed by atoms with van der Waals surface area (Å²) in [5.41, 5.74) is 0.811. The fourth-order valence-electron chi connectivity index (χ4n) is 1.75. The van der Waals surface area contributed by atoms with Crippen molar-refractivity contribution in [3.8, 4) is 0 Å². The number of carbonyl (C=O) groups is 2. The number of ether oxygens (including phenoxy) is 1. The van der Waals surface area contributed by atoms with Crippen molar-refractivity contribution in [1.29, 1.82) is 0 Å². The van der Waals surface area contributed by atoms with E-state index in [0.717, 1.165) is 0 Å². The highest BCUT2D eigenvalue weighted by Gasteiger charge is 2.16. The van der Waals surface area contributed by atoms with Gasteiger partial charge in [-0.2, -0.15) is 0 Å². The number of carbonyl (C=O) groups excluding carboxylic acids is 2. The number of amides is 2.